The Kier molecular flexibility index (Phi) is 5.63. The molecule has 2 amide bonds. The molecule has 0 spiro atoms. The van der Waals surface area contributed by atoms with Crippen LogP contribution in [0.3, 0.4) is 0 Å². The maximum atomic E-state index is 12.2. The van der Waals surface area contributed by atoms with Crippen LogP contribution in [0.5, 0.6) is 11.5 Å². The molecule has 0 radical (unpaired) electrons. The summed E-state index contributed by atoms with van der Waals surface area (Å²) in [7, 11) is 1.59. The number of ether oxygens (including phenoxy) is 2. The van der Waals surface area contributed by atoms with Crippen molar-refractivity contribution >= 4 is 11.8 Å². The molecule has 1 aromatic rings. The summed E-state index contributed by atoms with van der Waals surface area (Å²) >= 11 is 0. The van der Waals surface area contributed by atoms with Crippen LogP contribution in [-0.2, 0) is 9.59 Å². The fraction of sp³-hybridized carbons (Fsp3) is 0.500. The minimum absolute atomic E-state index is 0.123. The summed E-state index contributed by atoms with van der Waals surface area (Å²) in [6.45, 7) is 2.33. The molecule has 2 unspecified atom stereocenters. The quantitative estimate of drug-likeness (QED) is 0.858. The van der Waals surface area contributed by atoms with E-state index < -0.39 is 12.1 Å². The second-order valence-electron chi connectivity index (χ2n) is 5.28. The first-order chi connectivity index (χ1) is 10.6. The van der Waals surface area contributed by atoms with Gasteiger partial charge in [-0.25, -0.2) is 0 Å². The van der Waals surface area contributed by atoms with Gasteiger partial charge in [0.15, 0.2) is 6.10 Å². The van der Waals surface area contributed by atoms with Gasteiger partial charge in [0.2, 0.25) is 5.91 Å². The molecule has 0 saturated carbocycles. The highest BCUT2D eigenvalue weighted by Gasteiger charge is 2.25. The van der Waals surface area contributed by atoms with Gasteiger partial charge < -0.3 is 20.1 Å². The number of nitrogens with one attached hydrogen (secondary N) is 2. The molecule has 2 rings (SSSR count). The molecule has 2 N–H and O–H groups in total. The lowest BCUT2D eigenvalue weighted by Crippen LogP contribution is -2.49. The highest BCUT2D eigenvalue weighted by atomic mass is 16.5. The molecule has 120 valence electrons. The normalized spacial score (nSPS) is 19.5. The smallest absolute Gasteiger partial charge is 0.261 e. The first-order valence-electron chi connectivity index (χ1n) is 7.49. The van der Waals surface area contributed by atoms with Crippen molar-refractivity contribution in [2.45, 2.75) is 38.3 Å². The zero-order valence-corrected chi connectivity index (χ0v) is 12.9. The molecule has 1 fully saturated rings. The van der Waals surface area contributed by atoms with Gasteiger partial charge in [0.05, 0.1) is 7.11 Å². The topological polar surface area (TPSA) is 76.7 Å². The first-order valence-corrected chi connectivity index (χ1v) is 7.49. The molecule has 1 saturated heterocycles. The molecule has 0 bridgehead atoms. The molecule has 1 aromatic carbocycles. The van der Waals surface area contributed by atoms with Gasteiger partial charge in [-0.3, -0.25) is 9.59 Å². The molecule has 6 nitrogen and oxygen atoms in total. The van der Waals surface area contributed by atoms with Gasteiger partial charge in [-0.05, 0) is 50.5 Å². The van der Waals surface area contributed by atoms with Crippen LogP contribution in [0.25, 0.3) is 0 Å². The Hall–Kier alpha value is -2.24. The number of methoxy groups -OCH3 is 1. The van der Waals surface area contributed by atoms with E-state index in [1.54, 1.807) is 38.3 Å². The van der Waals surface area contributed by atoms with Gasteiger partial charge in [-0.15, -0.1) is 0 Å². The summed E-state index contributed by atoms with van der Waals surface area (Å²) in [5.74, 6) is 0.883. The lowest BCUT2D eigenvalue weighted by Gasteiger charge is -2.19. The minimum Gasteiger partial charge on any atom is -0.497 e. The van der Waals surface area contributed by atoms with Crippen molar-refractivity contribution in [1.82, 2.24) is 10.6 Å². The summed E-state index contributed by atoms with van der Waals surface area (Å²) in [5, 5.41) is 5.54. The van der Waals surface area contributed by atoms with Crippen LogP contribution in [0, 0.1) is 0 Å². The first kappa shape index (κ1) is 16.1. The second kappa shape index (κ2) is 7.68. The third-order valence-corrected chi connectivity index (χ3v) is 3.59. The molecule has 0 aromatic heterocycles. The van der Waals surface area contributed by atoms with Gasteiger partial charge in [-0.2, -0.15) is 0 Å². The van der Waals surface area contributed by atoms with Crippen molar-refractivity contribution < 1.29 is 19.1 Å². The van der Waals surface area contributed by atoms with E-state index in [0.29, 0.717) is 18.7 Å². The van der Waals surface area contributed by atoms with Crippen molar-refractivity contribution in [1.29, 1.82) is 0 Å². The molecule has 1 aliphatic heterocycles. The van der Waals surface area contributed by atoms with E-state index in [0.717, 1.165) is 18.6 Å². The zero-order chi connectivity index (χ0) is 15.9. The standard InChI is InChI=1S/C16H22N2O4/c1-11(22-13-8-6-12(21-2)7-9-13)15(19)18-14-5-3-4-10-17-16(14)20/h6-9,11,14H,3-5,10H2,1-2H3,(H,17,20)(H,18,19). The van der Waals surface area contributed by atoms with Crippen LogP contribution in [-0.4, -0.2) is 37.6 Å². The van der Waals surface area contributed by atoms with Gasteiger partial charge in [0.25, 0.3) is 5.91 Å². The van der Waals surface area contributed by atoms with Gasteiger partial charge in [0, 0.05) is 6.54 Å². The molecule has 1 aliphatic rings. The molecular weight excluding hydrogens is 284 g/mol. The van der Waals surface area contributed by atoms with E-state index in [1.165, 1.54) is 0 Å². The predicted molar refractivity (Wildman–Crippen MR) is 81.9 cm³/mol. The van der Waals surface area contributed by atoms with Crippen molar-refractivity contribution in [3.8, 4) is 11.5 Å². The second-order valence-corrected chi connectivity index (χ2v) is 5.28. The van der Waals surface area contributed by atoms with E-state index in [4.69, 9.17) is 9.47 Å². The van der Waals surface area contributed by atoms with E-state index in [1.807, 2.05) is 0 Å². The zero-order valence-electron chi connectivity index (χ0n) is 12.9. The van der Waals surface area contributed by atoms with Crippen LogP contribution in [0.1, 0.15) is 26.2 Å². The van der Waals surface area contributed by atoms with Crippen molar-refractivity contribution in [3.05, 3.63) is 24.3 Å². The van der Waals surface area contributed by atoms with E-state index in [-0.39, 0.29) is 11.8 Å². The maximum absolute atomic E-state index is 12.2. The Morgan fingerprint density at radius 3 is 2.64 bits per heavy atom. The summed E-state index contributed by atoms with van der Waals surface area (Å²) in [4.78, 5) is 24.0. The third-order valence-electron chi connectivity index (χ3n) is 3.59. The van der Waals surface area contributed by atoms with E-state index in [9.17, 15) is 9.59 Å². The average Bonchev–Trinajstić information content (AvgIpc) is 2.73. The Balaban J connectivity index is 1.89. The van der Waals surface area contributed by atoms with Crippen molar-refractivity contribution in [3.63, 3.8) is 0 Å². The fourth-order valence-electron chi connectivity index (χ4n) is 2.28. The molecule has 0 aliphatic carbocycles. The number of benzene rings is 1. The minimum atomic E-state index is -0.676. The Morgan fingerprint density at radius 1 is 1.27 bits per heavy atom. The summed E-state index contributed by atoms with van der Waals surface area (Å²) in [6, 6.07) is 6.52. The largest absolute Gasteiger partial charge is 0.497 e. The number of rotatable bonds is 5. The van der Waals surface area contributed by atoms with Crippen LogP contribution in [0.2, 0.25) is 0 Å². The Bertz CT molecular complexity index is 515. The maximum Gasteiger partial charge on any atom is 0.261 e. The number of hydrogen-bond donors (Lipinski definition) is 2. The van der Waals surface area contributed by atoms with Gasteiger partial charge in [0.1, 0.15) is 17.5 Å². The lowest BCUT2D eigenvalue weighted by molar-refractivity contribution is -0.132. The number of amides is 2. The Labute approximate surface area is 130 Å². The van der Waals surface area contributed by atoms with Crippen LogP contribution in [0.4, 0.5) is 0 Å². The summed E-state index contributed by atoms with van der Waals surface area (Å²) < 4.78 is 10.7. The molecule has 22 heavy (non-hydrogen) atoms. The lowest BCUT2D eigenvalue weighted by atomic mass is 10.1. The number of hydrogen-bond acceptors (Lipinski definition) is 4. The predicted octanol–water partition coefficient (Wildman–Crippen LogP) is 1.25. The molecule has 1 heterocycles. The van der Waals surface area contributed by atoms with Crippen molar-refractivity contribution in [2.75, 3.05) is 13.7 Å². The molecular formula is C16H22N2O4. The summed E-state index contributed by atoms with van der Waals surface area (Å²) in [6.07, 6.45) is 1.84. The van der Waals surface area contributed by atoms with Gasteiger partial charge >= 0.3 is 0 Å². The molecule has 2 atom stereocenters. The van der Waals surface area contributed by atoms with Crippen LogP contribution in [0.15, 0.2) is 24.3 Å². The van der Waals surface area contributed by atoms with Crippen molar-refractivity contribution in [2.24, 2.45) is 0 Å². The number of carbonyl (C=O) groups excluding carboxylic acids is 2. The average molecular weight is 306 g/mol. The fourth-order valence-corrected chi connectivity index (χ4v) is 2.28. The van der Waals surface area contributed by atoms with Crippen LogP contribution < -0.4 is 20.1 Å². The van der Waals surface area contributed by atoms with E-state index in [2.05, 4.69) is 10.6 Å². The monoisotopic (exact) mass is 306 g/mol. The highest BCUT2D eigenvalue weighted by Crippen LogP contribution is 2.18. The SMILES string of the molecule is COc1ccc(OC(C)C(=O)NC2CCCCNC2=O)cc1. The highest BCUT2D eigenvalue weighted by molar-refractivity contribution is 5.89. The third kappa shape index (κ3) is 4.38. The molecule has 6 heteroatoms. The number of carbonyl (C=O) groups is 2. The van der Waals surface area contributed by atoms with Crippen LogP contribution >= 0.6 is 0 Å². The van der Waals surface area contributed by atoms with Gasteiger partial charge in [-0.1, -0.05) is 0 Å². The summed E-state index contributed by atoms with van der Waals surface area (Å²) in [5.41, 5.74) is 0. The Morgan fingerprint density at radius 2 is 1.95 bits per heavy atom. The van der Waals surface area contributed by atoms with E-state index >= 15 is 0 Å².